The third kappa shape index (κ3) is 2.80. The second-order valence-electron chi connectivity index (χ2n) is 5.69. The van der Waals surface area contributed by atoms with Crippen molar-refractivity contribution in [1.82, 2.24) is 10.2 Å². The average molecular weight is 254 g/mol. The van der Waals surface area contributed by atoms with Gasteiger partial charge in [-0.05, 0) is 30.6 Å². The summed E-state index contributed by atoms with van der Waals surface area (Å²) in [6.07, 6.45) is 0. The third-order valence-electron chi connectivity index (χ3n) is 4.23. The minimum atomic E-state index is 0.664. The lowest BCUT2D eigenvalue weighted by Crippen LogP contribution is -2.25. The van der Waals surface area contributed by atoms with Crippen LogP contribution in [0.1, 0.15) is 17.0 Å². The molecular formula is C17H22N2. The van der Waals surface area contributed by atoms with Crippen LogP contribution >= 0.6 is 0 Å². The van der Waals surface area contributed by atoms with Crippen LogP contribution in [0.2, 0.25) is 0 Å². The molecule has 2 unspecified atom stereocenters. The van der Waals surface area contributed by atoms with E-state index >= 15 is 0 Å². The minimum absolute atomic E-state index is 0.664. The molecule has 0 aromatic heterocycles. The molecule has 2 aliphatic heterocycles. The summed E-state index contributed by atoms with van der Waals surface area (Å²) in [4.78, 5) is 2.45. The van der Waals surface area contributed by atoms with Gasteiger partial charge in [-0.1, -0.05) is 48.5 Å². The smallest absolute Gasteiger partial charge is 0.0233 e. The molecule has 2 heterocycles. The summed E-state index contributed by atoms with van der Waals surface area (Å²) in [7, 11) is 2.23. The molecule has 0 saturated carbocycles. The minimum Gasteiger partial charge on any atom is -0.316 e. The van der Waals surface area contributed by atoms with Crippen molar-refractivity contribution in [1.29, 1.82) is 0 Å². The van der Waals surface area contributed by atoms with Crippen molar-refractivity contribution in [3.63, 3.8) is 0 Å². The van der Waals surface area contributed by atoms with Crippen LogP contribution in [-0.2, 0) is 6.54 Å². The van der Waals surface area contributed by atoms with Gasteiger partial charge in [-0.3, -0.25) is 0 Å². The van der Waals surface area contributed by atoms with E-state index in [1.807, 2.05) is 0 Å². The molecule has 3 rings (SSSR count). The van der Waals surface area contributed by atoms with Gasteiger partial charge in [-0.15, -0.1) is 0 Å². The Balaban J connectivity index is 2.13. The molecule has 2 atom stereocenters. The van der Waals surface area contributed by atoms with Crippen molar-refractivity contribution < 1.29 is 0 Å². The molecule has 0 spiro atoms. The maximum absolute atomic E-state index is 3.56. The standard InChI is InChI=1S/C17H22N2/c1-19-12-14-8-6-4-2-3-5-7-9-16(14)17-11-18-10-15(17)13-19/h2-9,15,17-18H,10-13H2,1H3. The highest BCUT2D eigenvalue weighted by atomic mass is 15.1. The first-order chi connectivity index (χ1) is 9.34. The molecule has 100 valence electrons. The lowest BCUT2D eigenvalue weighted by molar-refractivity contribution is 0.281. The molecule has 0 aliphatic carbocycles. The Kier molecular flexibility index (Phi) is 3.81. The van der Waals surface area contributed by atoms with Crippen molar-refractivity contribution in [2.75, 3.05) is 26.7 Å². The van der Waals surface area contributed by atoms with E-state index in [0.29, 0.717) is 5.92 Å². The summed E-state index contributed by atoms with van der Waals surface area (Å²) < 4.78 is 0. The molecule has 1 saturated heterocycles. The molecule has 1 aromatic rings. The second kappa shape index (κ2) is 5.72. The zero-order valence-electron chi connectivity index (χ0n) is 11.5. The lowest BCUT2D eigenvalue weighted by atomic mass is 9.88. The van der Waals surface area contributed by atoms with Crippen LogP contribution in [-0.4, -0.2) is 31.6 Å². The molecule has 0 radical (unpaired) electrons. The Labute approximate surface area is 115 Å². The van der Waals surface area contributed by atoms with Gasteiger partial charge in [0.05, 0.1) is 0 Å². The van der Waals surface area contributed by atoms with Crippen LogP contribution in [0.25, 0.3) is 0 Å². The fourth-order valence-corrected chi connectivity index (χ4v) is 3.34. The highest BCUT2D eigenvalue weighted by Gasteiger charge is 2.32. The van der Waals surface area contributed by atoms with Gasteiger partial charge >= 0.3 is 0 Å². The number of hydrogen-bond acceptors (Lipinski definition) is 2. The van der Waals surface area contributed by atoms with Crippen LogP contribution in [0.5, 0.6) is 0 Å². The predicted molar refractivity (Wildman–Crippen MR) is 79.5 cm³/mol. The zero-order chi connectivity index (χ0) is 13.1. The number of hydrogen-bond donors (Lipinski definition) is 1. The number of nitrogens with one attached hydrogen (secondary N) is 1. The second-order valence-corrected chi connectivity index (χ2v) is 5.69. The summed E-state index contributed by atoms with van der Waals surface area (Å²) >= 11 is 0. The summed E-state index contributed by atoms with van der Waals surface area (Å²) in [6.45, 7) is 4.52. The largest absolute Gasteiger partial charge is 0.316 e. The molecule has 2 heteroatoms. The van der Waals surface area contributed by atoms with E-state index in [9.17, 15) is 0 Å². The van der Waals surface area contributed by atoms with Crippen molar-refractivity contribution in [3.05, 3.63) is 59.7 Å². The molecule has 1 aromatic carbocycles. The SMILES string of the molecule is CN1Cc2ccccccccc2C2CNCC2C1. The normalized spacial score (nSPS) is 25.9. The molecular weight excluding hydrogens is 232 g/mol. The summed E-state index contributed by atoms with van der Waals surface area (Å²) in [5, 5.41) is 3.56. The Morgan fingerprint density at radius 3 is 2.58 bits per heavy atom. The average Bonchev–Trinajstić information content (AvgIpc) is 2.80. The molecule has 19 heavy (non-hydrogen) atoms. The van der Waals surface area contributed by atoms with Crippen LogP contribution in [0.3, 0.4) is 0 Å². The highest BCUT2D eigenvalue weighted by Crippen LogP contribution is 2.33. The molecule has 1 N–H and O–H groups in total. The molecule has 2 aliphatic rings. The highest BCUT2D eigenvalue weighted by molar-refractivity contribution is 5.31. The number of fused-ring (bicyclic) bond motifs is 3. The maximum atomic E-state index is 3.56. The first-order valence-corrected chi connectivity index (χ1v) is 7.15. The maximum Gasteiger partial charge on any atom is 0.0233 e. The first-order valence-electron chi connectivity index (χ1n) is 7.15. The van der Waals surface area contributed by atoms with Gasteiger partial charge in [0.2, 0.25) is 0 Å². The van der Waals surface area contributed by atoms with Crippen molar-refractivity contribution in [2.45, 2.75) is 12.5 Å². The Morgan fingerprint density at radius 1 is 1.00 bits per heavy atom. The number of nitrogens with zero attached hydrogens (tertiary/aromatic N) is 1. The molecule has 0 amide bonds. The van der Waals surface area contributed by atoms with Crippen LogP contribution in [0, 0.1) is 5.92 Å². The van der Waals surface area contributed by atoms with E-state index < -0.39 is 0 Å². The lowest BCUT2D eigenvalue weighted by Gasteiger charge is -2.19. The van der Waals surface area contributed by atoms with Gasteiger partial charge < -0.3 is 10.2 Å². The van der Waals surface area contributed by atoms with Crippen molar-refractivity contribution in [3.8, 4) is 0 Å². The van der Waals surface area contributed by atoms with Crippen LogP contribution in [0.4, 0.5) is 0 Å². The summed E-state index contributed by atoms with van der Waals surface area (Å²) in [5.41, 5.74) is 2.99. The van der Waals surface area contributed by atoms with E-state index in [1.165, 1.54) is 17.7 Å². The third-order valence-corrected chi connectivity index (χ3v) is 4.23. The Morgan fingerprint density at radius 2 is 1.74 bits per heavy atom. The fraction of sp³-hybridized carbons (Fsp3) is 0.412. The zero-order valence-corrected chi connectivity index (χ0v) is 11.5. The van der Waals surface area contributed by atoms with Crippen LogP contribution in [0.15, 0.2) is 48.5 Å². The molecule has 0 bridgehead atoms. The van der Waals surface area contributed by atoms with E-state index in [0.717, 1.165) is 25.6 Å². The van der Waals surface area contributed by atoms with Gasteiger partial charge in [-0.2, -0.15) is 0 Å². The van der Waals surface area contributed by atoms with E-state index in [2.05, 4.69) is 65.8 Å². The quantitative estimate of drug-likeness (QED) is 0.765. The molecule has 2 nitrogen and oxygen atoms in total. The monoisotopic (exact) mass is 254 g/mol. The van der Waals surface area contributed by atoms with Gasteiger partial charge in [-0.25, -0.2) is 0 Å². The van der Waals surface area contributed by atoms with Crippen LogP contribution < -0.4 is 5.32 Å². The van der Waals surface area contributed by atoms with Gasteiger partial charge in [0, 0.05) is 25.6 Å². The first kappa shape index (κ1) is 12.6. The summed E-state index contributed by atoms with van der Waals surface area (Å²) in [6, 6.07) is 17.3. The Bertz CT molecular complexity index is 496. The fourth-order valence-electron chi connectivity index (χ4n) is 3.34. The molecule has 1 fully saturated rings. The number of rotatable bonds is 0. The van der Waals surface area contributed by atoms with Crippen molar-refractivity contribution in [2.24, 2.45) is 5.92 Å². The van der Waals surface area contributed by atoms with E-state index in [1.54, 1.807) is 0 Å². The van der Waals surface area contributed by atoms with Gasteiger partial charge in [0.25, 0.3) is 0 Å². The van der Waals surface area contributed by atoms with Crippen molar-refractivity contribution >= 4 is 0 Å². The Hall–Kier alpha value is -1.38. The van der Waals surface area contributed by atoms with E-state index in [4.69, 9.17) is 0 Å². The topological polar surface area (TPSA) is 15.3 Å². The van der Waals surface area contributed by atoms with E-state index in [-0.39, 0.29) is 0 Å². The van der Waals surface area contributed by atoms with Gasteiger partial charge in [0.1, 0.15) is 0 Å². The van der Waals surface area contributed by atoms with Gasteiger partial charge in [0.15, 0.2) is 0 Å². The summed E-state index contributed by atoms with van der Waals surface area (Å²) in [5.74, 6) is 1.41. The predicted octanol–water partition coefficient (Wildman–Crippen LogP) is 2.56.